The van der Waals surface area contributed by atoms with E-state index in [1.165, 1.54) is 0 Å². The van der Waals surface area contributed by atoms with E-state index < -0.39 is 0 Å². The van der Waals surface area contributed by atoms with Crippen molar-refractivity contribution in [3.05, 3.63) is 47.0 Å². The van der Waals surface area contributed by atoms with E-state index in [1.807, 2.05) is 30.3 Å². The van der Waals surface area contributed by atoms with Gasteiger partial charge in [0, 0.05) is 22.3 Å². The highest BCUT2D eigenvalue weighted by atomic mass is 35.5. The molecule has 3 rings (SSSR count). The molecule has 0 bridgehead atoms. The molecule has 2 aromatic carbocycles. The first kappa shape index (κ1) is 14.0. The maximum Gasteiger partial charge on any atom is 0.143 e. The molecule has 1 aromatic heterocycles. The summed E-state index contributed by atoms with van der Waals surface area (Å²) in [6.45, 7) is 6.34. The maximum atomic E-state index is 6.19. The summed E-state index contributed by atoms with van der Waals surface area (Å²) in [4.78, 5) is 4.79. The number of nitrogen functional groups attached to an aromatic ring is 1. The van der Waals surface area contributed by atoms with Crippen LogP contribution in [0.2, 0.25) is 5.02 Å². The van der Waals surface area contributed by atoms with Crippen molar-refractivity contribution in [2.45, 2.75) is 26.8 Å². The van der Waals surface area contributed by atoms with Gasteiger partial charge in [-0.2, -0.15) is 0 Å². The number of imidazole rings is 1. The molecule has 0 aliphatic rings. The van der Waals surface area contributed by atoms with Gasteiger partial charge in [-0.1, -0.05) is 23.7 Å². The van der Waals surface area contributed by atoms with Crippen LogP contribution in [-0.4, -0.2) is 9.55 Å². The van der Waals surface area contributed by atoms with E-state index in [-0.39, 0.29) is 6.04 Å². The molecule has 2 N–H and O–H groups in total. The van der Waals surface area contributed by atoms with Gasteiger partial charge in [0.1, 0.15) is 5.82 Å². The summed E-state index contributed by atoms with van der Waals surface area (Å²) in [5, 5.41) is 0.716. The Morgan fingerprint density at radius 2 is 1.95 bits per heavy atom. The highest BCUT2D eigenvalue weighted by Crippen LogP contribution is 2.34. The first-order valence-corrected chi connectivity index (χ1v) is 7.39. The van der Waals surface area contributed by atoms with E-state index in [9.17, 15) is 0 Å². The van der Waals surface area contributed by atoms with Crippen LogP contribution in [0.1, 0.15) is 25.5 Å². The number of anilines is 1. The Hall–Kier alpha value is -2.00. The van der Waals surface area contributed by atoms with Gasteiger partial charge in [-0.05, 0) is 50.6 Å². The van der Waals surface area contributed by atoms with Crippen molar-refractivity contribution in [1.82, 2.24) is 9.55 Å². The summed E-state index contributed by atoms with van der Waals surface area (Å²) in [6, 6.07) is 12.0. The number of aryl methyl sites for hydroxylation is 1. The Morgan fingerprint density at radius 1 is 1.19 bits per heavy atom. The van der Waals surface area contributed by atoms with Crippen LogP contribution in [0.3, 0.4) is 0 Å². The van der Waals surface area contributed by atoms with Crippen LogP contribution >= 0.6 is 11.6 Å². The Labute approximate surface area is 129 Å². The molecule has 3 aromatic rings. The lowest BCUT2D eigenvalue weighted by Crippen LogP contribution is -2.05. The Morgan fingerprint density at radius 3 is 2.62 bits per heavy atom. The summed E-state index contributed by atoms with van der Waals surface area (Å²) in [5.74, 6) is 0.901. The Balaban J connectivity index is 2.40. The van der Waals surface area contributed by atoms with E-state index >= 15 is 0 Å². The number of nitrogens with zero attached hydrogens (tertiary/aromatic N) is 2. The van der Waals surface area contributed by atoms with E-state index in [1.54, 1.807) is 0 Å². The van der Waals surface area contributed by atoms with Crippen molar-refractivity contribution in [2.24, 2.45) is 0 Å². The highest BCUT2D eigenvalue weighted by molar-refractivity contribution is 6.31. The molecule has 0 atom stereocenters. The van der Waals surface area contributed by atoms with Crippen LogP contribution in [0.4, 0.5) is 5.69 Å². The molecule has 0 aliphatic heterocycles. The van der Waals surface area contributed by atoms with Gasteiger partial charge in [0.15, 0.2) is 0 Å². The summed E-state index contributed by atoms with van der Waals surface area (Å²) >= 11 is 6.15. The third-order valence-corrected chi connectivity index (χ3v) is 3.93. The average molecular weight is 300 g/mol. The minimum Gasteiger partial charge on any atom is -0.398 e. The molecule has 0 unspecified atom stereocenters. The lowest BCUT2D eigenvalue weighted by molar-refractivity contribution is 0.624. The third-order valence-electron chi connectivity index (χ3n) is 3.70. The molecule has 0 aliphatic carbocycles. The van der Waals surface area contributed by atoms with E-state index in [2.05, 4.69) is 31.4 Å². The summed E-state index contributed by atoms with van der Waals surface area (Å²) in [5.41, 5.74) is 11.0. The Kier molecular flexibility index (Phi) is 3.38. The SMILES string of the molecule is Cc1cccc(N)c1-c1nc2ccc(Cl)cc2n1C(C)C. The predicted molar refractivity (Wildman–Crippen MR) is 89.7 cm³/mol. The second-order valence-electron chi connectivity index (χ2n) is 5.57. The largest absolute Gasteiger partial charge is 0.398 e. The predicted octanol–water partition coefficient (Wildman–Crippen LogP) is 4.83. The smallest absolute Gasteiger partial charge is 0.143 e. The van der Waals surface area contributed by atoms with Gasteiger partial charge < -0.3 is 10.3 Å². The lowest BCUT2D eigenvalue weighted by Gasteiger charge is -2.16. The van der Waals surface area contributed by atoms with Crippen LogP contribution < -0.4 is 5.73 Å². The first-order valence-electron chi connectivity index (χ1n) is 7.02. The van der Waals surface area contributed by atoms with E-state index in [0.717, 1.165) is 33.7 Å². The highest BCUT2D eigenvalue weighted by Gasteiger charge is 2.18. The summed E-state index contributed by atoms with van der Waals surface area (Å²) in [6.07, 6.45) is 0. The molecule has 21 heavy (non-hydrogen) atoms. The minimum absolute atomic E-state index is 0.266. The molecule has 3 nitrogen and oxygen atoms in total. The van der Waals surface area contributed by atoms with Gasteiger partial charge in [-0.3, -0.25) is 0 Å². The van der Waals surface area contributed by atoms with Gasteiger partial charge in [0.2, 0.25) is 0 Å². The van der Waals surface area contributed by atoms with Gasteiger partial charge in [-0.25, -0.2) is 4.98 Å². The zero-order chi connectivity index (χ0) is 15.1. The van der Waals surface area contributed by atoms with Crippen LogP contribution in [0.15, 0.2) is 36.4 Å². The van der Waals surface area contributed by atoms with Crippen molar-refractivity contribution in [3.63, 3.8) is 0 Å². The van der Waals surface area contributed by atoms with Gasteiger partial charge in [0.05, 0.1) is 11.0 Å². The summed E-state index contributed by atoms with van der Waals surface area (Å²) in [7, 11) is 0. The van der Waals surface area contributed by atoms with Crippen LogP contribution in [0.25, 0.3) is 22.4 Å². The second-order valence-corrected chi connectivity index (χ2v) is 6.01. The fourth-order valence-electron chi connectivity index (χ4n) is 2.76. The number of nitrogens with two attached hydrogens (primary N) is 1. The van der Waals surface area contributed by atoms with E-state index in [4.69, 9.17) is 22.3 Å². The molecular formula is C17H18ClN3. The zero-order valence-electron chi connectivity index (χ0n) is 12.4. The van der Waals surface area contributed by atoms with Crippen LogP contribution in [-0.2, 0) is 0 Å². The van der Waals surface area contributed by atoms with Crippen LogP contribution in [0.5, 0.6) is 0 Å². The summed E-state index contributed by atoms with van der Waals surface area (Å²) < 4.78 is 2.19. The normalized spacial score (nSPS) is 11.5. The fourth-order valence-corrected chi connectivity index (χ4v) is 2.93. The zero-order valence-corrected chi connectivity index (χ0v) is 13.1. The molecule has 0 radical (unpaired) electrons. The van der Waals surface area contributed by atoms with Crippen molar-refractivity contribution in [2.75, 3.05) is 5.73 Å². The number of fused-ring (bicyclic) bond motifs is 1. The van der Waals surface area contributed by atoms with Crippen molar-refractivity contribution in [1.29, 1.82) is 0 Å². The number of hydrogen-bond acceptors (Lipinski definition) is 2. The molecule has 4 heteroatoms. The molecule has 1 heterocycles. The van der Waals surface area contributed by atoms with E-state index in [0.29, 0.717) is 5.02 Å². The monoisotopic (exact) mass is 299 g/mol. The molecule has 0 amide bonds. The number of rotatable bonds is 2. The maximum absolute atomic E-state index is 6.19. The van der Waals surface area contributed by atoms with Gasteiger partial charge in [-0.15, -0.1) is 0 Å². The molecule has 108 valence electrons. The van der Waals surface area contributed by atoms with Crippen molar-refractivity contribution in [3.8, 4) is 11.4 Å². The molecular weight excluding hydrogens is 282 g/mol. The molecule has 0 fully saturated rings. The van der Waals surface area contributed by atoms with Crippen molar-refractivity contribution < 1.29 is 0 Å². The fraction of sp³-hybridized carbons (Fsp3) is 0.235. The van der Waals surface area contributed by atoms with Crippen molar-refractivity contribution >= 4 is 28.3 Å². The topological polar surface area (TPSA) is 43.8 Å². The van der Waals surface area contributed by atoms with Crippen LogP contribution in [0, 0.1) is 6.92 Å². The Bertz CT molecular complexity index is 798. The van der Waals surface area contributed by atoms with Gasteiger partial charge >= 0.3 is 0 Å². The minimum atomic E-state index is 0.266. The number of aromatic nitrogens is 2. The number of halogens is 1. The number of hydrogen-bond donors (Lipinski definition) is 1. The second kappa shape index (κ2) is 5.08. The molecule has 0 spiro atoms. The lowest BCUT2D eigenvalue weighted by atomic mass is 10.1. The quantitative estimate of drug-likeness (QED) is 0.689. The molecule has 0 saturated heterocycles. The first-order chi connectivity index (χ1) is 9.99. The third kappa shape index (κ3) is 2.28. The van der Waals surface area contributed by atoms with Gasteiger partial charge in [0.25, 0.3) is 0 Å². The molecule has 0 saturated carbocycles. The number of benzene rings is 2. The average Bonchev–Trinajstić information content (AvgIpc) is 2.76. The standard InChI is InChI=1S/C17H18ClN3/c1-10(2)21-15-9-12(18)7-8-14(15)20-17(21)16-11(3)5-4-6-13(16)19/h4-10H,19H2,1-3H3.